The maximum atomic E-state index is 12.3. The molecular weight excluding hydrogens is 302 g/mol. The minimum Gasteiger partial charge on any atom is -0.350 e. The lowest BCUT2D eigenvalue weighted by molar-refractivity contribution is 0.0939. The highest BCUT2D eigenvalue weighted by Gasteiger charge is 2.13. The predicted molar refractivity (Wildman–Crippen MR) is 93.8 cm³/mol. The van der Waals surface area contributed by atoms with Crippen LogP contribution in [0.4, 0.5) is 0 Å². The Hall–Kier alpha value is -2.69. The van der Waals surface area contributed by atoms with Crippen LogP contribution in [0.2, 0.25) is 0 Å². The summed E-state index contributed by atoms with van der Waals surface area (Å²) < 4.78 is 0. The Bertz CT molecular complexity index is 728. The molecule has 0 saturated carbocycles. The van der Waals surface area contributed by atoms with E-state index in [-0.39, 0.29) is 23.6 Å². The Morgan fingerprint density at radius 3 is 2.62 bits per heavy atom. The topological polar surface area (TPSA) is 71.1 Å². The molecule has 5 nitrogen and oxygen atoms in total. The van der Waals surface area contributed by atoms with Gasteiger partial charge in [0.15, 0.2) is 0 Å². The van der Waals surface area contributed by atoms with E-state index in [1.54, 1.807) is 6.07 Å². The summed E-state index contributed by atoms with van der Waals surface area (Å²) in [5, 5.41) is 5.72. The first-order chi connectivity index (χ1) is 11.5. The molecular formula is C19H23N3O2. The van der Waals surface area contributed by atoms with Crippen molar-refractivity contribution in [2.45, 2.75) is 39.8 Å². The van der Waals surface area contributed by atoms with Gasteiger partial charge in [0.1, 0.15) is 5.69 Å². The van der Waals surface area contributed by atoms with Gasteiger partial charge in [0.05, 0.1) is 0 Å². The van der Waals surface area contributed by atoms with E-state index in [0.717, 1.165) is 17.5 Å². The lowest BCUT2D eigenvalue weighted by Crippen LogP contribution is -2.32. The van der Waals surface area contributed by atoms with Crippen LogP contribution in [0, 0.1) is 6.92 Å². The Kier molecular flexibility index (Phi) is 6.07. The molecule has 0 spiro atoms. The van der Waals surface area contributed by atoms with Crippen molar-refractivity contribution in [3.8, 4) is 0 Å². The molecule has 126 valence electrons. The first kappa shape index (κ1) is 17.7. The highest BCUT2D eigenvalue weighted by molar-refractivity contribution is 5.98. The fourth-order valence-corrected chi connectivity index (χ4v) is 2.18. The summed E-state index contributed by atoms with van der Waals surface area (Å²) in [6, 6.07) is 11.1. The maximum Gasteiger partial charge on any atom is 0.270 e. The number of carbonyl (C=O) groups is 2. The summed E-state index contributed by atoms with van der Waals surface area (Å²) in [6.45, 7) is 6.37. The van der Waals surface area contributed by atoms with Crippen LogP contribution in [0.1, 0.15) is 52.2 Å². The second-order valence-corrected chi connectivity index (χ2v) is 5.82. The third kappa shape index (κ3) is 4.65. The summed E-state index contributed by atoms with van der Waals surface area (Å²) in [5.74, 6) is -0.490. The molecule has 2 amide bonds. The van der Waals surface area contributed by atoms with Gasteiger partial charge in [-0.25, -0.2) is 0 Å². The van der Waals surface area contributed by atoms with Gasteiger partial charge in [-0.1, -0.05) is 31.2 Å². The van der Waals surface area contributed by atoms with E-state index in [1.807, 2.05) is 45.0 Å². The molecule has 1 aromatic heterocycles. The van der Waals surface area contributed by atoms with Crippen LogP contribution in [-0.2, 0) is 6.54 Å². The molecule has 2 N–H and O–H groups in total. The molecule has 0 aliphatic carbocycles. The number of carbonyl (C=O) groups excluding carboxylic acids is 2. The quantitative estimate of drug-likeness (QED) is 0.858. The highest BCUT2D eigenvalue weighted by atomic mass is 16.2. The SMILES string of the molecule is CCC(C)NC(=O)c1ccnc(C(=O)NCc2ccccc2C)c1. The van der Waals surface area contributed by atoms with Crippen molar-refractivity contribution in [3.63, 3.8) is 0 Å². The van der Waals surface area contributed by atoms with Crippen LogP contribution in [0.5, 0.6) is 0 Å². The fourth-order valence-electron chi connectivity index (χ4n) is 2.18. The van der Waals surface area contributed by atoms with Crippen LogP contribution in [0.15, 0.2) is 42.6 Å². The number of nitrogens with one attached hydrogen (secondary N) is 2. The van der Waals surface area contributed by atoms with Gasteiger partial charge >= 0.3 is 0 Å². The van der Waals surface area contributed by atoms with Crippen molar-refractivity contribution in [1.82, 2.24) is 15.6 Å². The number of amides is 2. The molecule has 0 bridgehead atoms. The summed E-state index contributed by atoms with van der Waals surface area (Å²) in [6.07, 6.45) is 2.33. The number of aryl methyl sites for hydroxylation is 1. The number of rotatable bonds is 6. The zero-order valence-corrected chi connectivity index (χ0v) is 14.3. The first-order valence-corrected chi connectivity index (χ1v) is 8.11. The normalized spacial score (nSPS) is 11.6. The van der Waals surface area contributed by atoms with E-state index in [4.69, 9.17) is 0 Å². The molecule has 0 aliphatic rings. The molecule has 5 heteroatoms. The van der Waals surface area contributed by atoms with E-state index >= 15 is 0 Å². The zero-order chi connectivity index (χ0) is 17.5. The molecule has 0 saturated heterocycles. The van der Waals surface area contributed by atoms with Crippen molar-refractivity contribution in [1.29, 1.82) is 0 Å². The Balaban J connectivity index is 2.03. The van der Waals surface area contributed by atoms with Crippen molar-refractivity contribution < 1.29 is 9.59 Å². The van der Waals surface area contributed by atoms with Gasteiger partial charge in [0.2, 0.25) is 0 Å². The second kappa shape index (κ2) is 8.24. The van der Waals surface area contributed by atoms with E-state index in [9.17, 15) is 9.59 Å². The maximum absolute atomic E-state index is 12.3. The molecule has 2 aromatic rings. The Morgan fingerprint density at radius 1 is 1.17 bits per heavy atom. The molecule has 0 aliphatic heterocycles. The van der Waals surface area contributed by atoms with Crippen LogP contribution >= 0.6 is 0 Å². The number of hydrogen-bond donors (Lipinski definition) is 2. The van der Waals surface area contributed by atoms with Gasteiger partial charge in [-0.15, -0.1) is 0 Å². The average Bonchev–Trinajstić information content (AvgIpc) is 2.60. The lowest BCUT2D eigenvalue weighted by Gasteiger charge is -2.12. The standard InChI is InChI=1S/C19H23N3O2/c1-4-14(3)22-18(23)15-9-10-20-17(11-15)19(24)21-12-16-8-6-5-7-13(16)2/h5-11,14H,4,12H2,1-3H3,(H,21,24)(H,22,23). The first-order valence-electron chi connectivity index (χ1n) is 8.11. The van der Waals surface area contributed by atoms with Gasteiger partial charge < -0.3 is 10.6 Å². The third-order valence-corrected chi connectivity index (χ3v) is 3.95. The summed E-state index contributed by atoms with van der Waals surface area (Å²) in [7, 11) is 0. The van der Waals surface area contributed by atoms with Crippen molar-refractivity contribution >= 4 is 11.8 Å². The van der Waals surface area contributed by atoms with Gasteiger partial charge in [-0.3, -0.25) is 14.6 Å². The van der Waals surface area contributed by atoms with Crippen LogP contribution in [-0.4, -0.2) is 22.8 Å². The fraction of sp³-hybridized carbons (Fsp3) is 0.316. The summed E-state index contributed by atoms with van der Waals surface area (Å²) >= 11 is 0. The van der Waals surface area contributed by atoms with Crippen LogP contribution < -0.4 is 10.6 Å². The third-order valence-electron chi connectivity index (χ3n) is 3.95. The average molecular weight is 325 g/mol. The molecule has 0 fully saturated rings. The molecule has 0 radical (unpaired) electrons. The van der Waals surface area contributed by atoms with Crippen molar-refractivity contribution in [3.05, 3.63) is 65.0 Å². The van der Waals surface area contributed by atoms with E-state index in [0.29, 0.717) is 12.1 Å². The zero-order valence-electron chi connectivity index (χ0n) is 14.3. The number of nitrogens with zero attached hydrogens (tertiary/aromatic N) is 1. The molecule has 24 heavy (non-hydrogen) atoms. The van der Waals surface area contributed by atoms with Crippen LogP contribution in [0.3, 0.4) is 0 Å². The molecule has 1 atom stereocenters. The monoisotopic (exact) mass is 325 g/mol. The minimum atomic E-state index is -0.295. The second-order valence-electron chi connectivity index (χ2n) is 5.82. The predicted octanol–water partition coefficient (Wildman–Crippen LogP) is 2.85. The highest BCUT2D eigenvalue weighted by Crippen LogP contribution is 2.07. The van der Waals surface area contributed by atoms with Crippen LogP contribution in [0.25, 0.3) is 0 Å². The summed E-state index contributed by atoms with van der Waals surface area (Å²) in [5.41, 5.74) is 2.84. The van der Waals surface area contributed by atoms with Gasteiger partial charge in [-0.05, 0) is 43.5 Å². The number of aromatic nitrogens is 1. The largest absolute Gasteiger partial charge is 0.350 e. The van der Waals surface area contributed by atoms with Gasteiger partial charge in [0.25, 0.3) is 11.8 Å². The number of benzene rings is 1. The van der Waals surface area contributed by atoms with E-state index in [2.05, 4.69) is 15.6 Å². The smallest absolute Gasteiger partial charge is 0.270 e. The molecule has 1 aromatic carbocycles. The molecule has 1 unspecified atom stereocenters. The Labute approximate surface area is 142 Å². The molecule has 1 heterocycles. The number of pyridine rings is 1. The molecule has 2 rings (SSSR count). The minimum absolute atomic E-state index is 0.0870. The lowest BCUT2D eigenvalue weighted by atomic mass is 10.1. The van der Waals surface area contributed by atoms with Crippen molar-refractivity contribution in [2.75, 3.05) is 0 Å². The summed E-state index contributed by atoms with van der Waals surface area (Å²) in [4.78, 5) is 28.5. The van der Waals surface area contributed by atoms with E-state index < -0.39 is 0 Å². The van der Waals surface area contributed by atoms with Gasteiger partial charge in [-0.2, -0.15) is 0 Å². The Morgan fingerprint density at radius 2 is 1.92 bits per heavy atom. The van der Waals surface area contributed by atoms with Crippen molar-refractivity contribution in [2.24, 2.45) is 0 Å². The van der Waals surface area contributed by atoms with Gasteiger partial charge in [0, 0.05) is 24.3 Å². The van der Waals surface area contributed by atoms with E-state index in [1.165, 1.54) is 12.3 Å². The number of hydrogen-bond acceptors (Lipinski definition) is 3.